The number of aromatic nitrogens is 2. The Morgan fingerprint density at radius 2 is 1.73 bits per heavy atom. The number of carboxylic acid groups (broad SMARTS) is 1. The van der Waals surface area contributed by atoms with Gasteiger partial charge in [-0.05, 0) is 17.7 Å². The molecule has 0 aliphatic rings. The third-order valence-electron chi connectivity index (χ3n) is 3.41. The molecule has 1 N–H and O–H groups in total. The van der Waals surface area contributed by atoms with Gasteiger partial charge in [0.05, 0.1) is 11.4 Å². The Hall–Kier alpha value is -2.38. The summed E-state index contributed by atoms with van der Waals surface area (Å²) in [5, 5.41) is 9.97. The van der Waals surface area contributed by atoms with Gasteiger partial charge in [0.15, 0.2) is 5.16 Å². The molecule has 2 aromatic carbocycles. The lowest BCUT2D eigenvalue weighted by atomic mass is 10.1. The van der Waals surface area contributed by atoms with E-state index in [9.17, 15) is 9.18 Å². The molecule has 0 saturated heterocycles. The standard InChI is InChI=1S/C19H15FN2O2S2/c20-15-9-5-4-8-14(15)11-26-19-21-16(13-6-2-1-3-7-13)10-17(22-19)25-12-18(23)24/h1-10H,11-12H2,(H,23,24). The Morgan fingerprint density at radius 3 is 2.46 bits per heavy atom. The molecule has 0 spiro atoms. The Balaban J connectivity index is 1.86. The first-order chi connectivity index (χ1) is 12.6. The third kappa shape index (κ3) is 5.06. The van der Waals surface area contributed by atoms with Crippen molar-refractivity contribution in [3.8, 4) is 11.3 Å². The molecular weight excluding hydrogens is 371 g/mol. The lowest BCUT2D eigenvalue weighted by Crippen LogP contribution is -2.00. The number of halogens is 1. The smallest absolute Gasteiger partial charge is 0.313 e. The molecule has 0 amide bonds. The quantitative estimate of drug-likeness (QED) is 0.359. The molecule has 0 aliphatic carbocycles. The molecule has 1 aromatic heterocycles. The van der Waals surface area contributed by atoms with Gasteiger partial charge in [-0.2, -0.15) is 0 Å². The van der Waals surface area contributed by atoms with Crippen LogP contribution in [0.25, 0.3) is 11.3 Å². The molecule has 0 atom stereocenters. The Morgan fingerprint density at radius 1 is 1.00 bits per heavy atom. The highest BCUT2D eigenvalue weighted by molar-refractivity contribution is 8.00. The Bertz CT molecular complexity index is 907. The molecular formula is C19H15FN2O2S2. The summed E-state index contributed by atoms with van der Waals surface area (Å²) in [5.74, 6) is -0.855. The maximum absolute atomic E-state index is 13.8. The third-order valence-corrected chi connectivity index (χ3v) is 5.20. The molecule has 0 fully saturated rings. The average molecular weight is 386 g/mol. The number of nitrogens with zero attached hydrogens (tertiary/aromatic N) is 2. The second kappa shape index (κ2) is 8.82. The van der Waals surface area contributed by atoms with Crippen LogP contribution in [0.3, 0.4) is 0 Å². The summed E-state index contributed by atoms with van der Waals surface area (Å²) in [6.45, 7) is 0. The molecule has 4 nitrogen and oxygen atoms in total. The van der Waals surface area contributed by atoms with Gasteiger partial charge in [-0.1, -0.05) is 72.1 Å². The Labute approximate surface area is 158 Å². The SMILES string of the molecule is O=C(O)CSc1cc(-c2ccccc2)nc(SCc2ccccc2F)n1. The van der Waals surface area contributed by atoms with Gasteiger partial charge in [0.1, 0.15) is 10.8 Å². The van der Waals surface area contributed by atoms with E-state index in [1.54, 1.807) is 24.3 Å². The van der Waals surface area contributed by atoms with Crippen LogP contribution in [-0.4, -0.2) is 26.8 Å². The van der Waals surface area contributed by atoms with Gasteiger partial charge in [0, 0.05) is 11.3 Å². The fourth-order valence-corrected chi connectivity index (χ4v) is 3.71. The summed E-state index contributed by atoms with van der Waals surface area (Å²) in [6.07, 6.45) is 0. The minimum Gasteiger partial charge on any atom is -0.481 e. The van der Waals surface area contributed by atoms with Crippen LogP contribution in [0.15, 0.2) is 70.8 Å². The van der Waals surface area contributed by atoms with Gasteiger partial charge in [-0.15, -0.1) is 0 Å². The van der Waals surface area contributed by atoms with Crippen LogP contribution in [0.2, 0.25) is 0 Å². The van der Waals surface area contributed by atoms with E-state index >= 15 is 0 Å². The Kier molecular flexibility index (Phi) is 6.25. The number of hydrogen-bond donors (Lipinski definition) is 1. The van der Waals surface area contributed by atoms with E-state index in [2.05, 4.69) is 9.97 Å². The summed E-state index contributed by atoms with van der Waals surface area (Å²) >= 11 is 2.46. The topological polar surface area (TPSA) is 63.1 Å². The van der Waals surface area contributed by atoms with Crippen LogP contribution >= 0.6 is 23.5 Å². The van der Waals surface area contributed by atoms with E-state index in [4.69, 9.17) is 5.11 Å². The van der Waals surface area contributed by atoms with Crippen LogP contribution in [0.5, 0.6) is 0 Å². The number of carbonyl (C=O) groups is 1. The molecule has 0 aliphatic heterocycles. The predicted molar refractivity (Wildman–Crippen MR) is 102 cm³/mol. The van der Waals surface area contributed by atoms with Gasteiger partial charge in [0.25, 0.3) is 0 Å². The zero-order valence-electron chi connectivity index (χ0n) is 13.6. The highest BCUT2D eigenvalue weighted by atomic mass is 32.2. The number of thioether (sulfide) groups is 2. The van der Waals surface area contributed by atoms with Crippen molar-refractivity contribution in [1.29, 1.82) is 0 Å². The molecule has 1 heterocycles. The van der Waals surface area contributed by atoms with Gasteiger partial charge < -0.3 is 5.11 Å². The maximum atomic E-state index is 13.8. The summed E-state index contributed by atoms with van der Waals surface area (Å²) < 4.78 is 13.8. The summed E-state index contributed by atoms with van der Waals surface area (Å²) in [6, 6.07) is 18.0. The van der Waals surface area contributed by atoms with Crippen LogP contribution < -0.4 is 0 Å². The van der Waals surface area contributed by atoms with Crippen molar-refractivity contribution in [2.75, 3.05) is 5.75 Å². The number of carboxylic acids is 1. The number of hydrogen-bond acceptors (Lipinski definition) is 5. The van der Waals surface area contributed by atoms with Crippen molar-refractivity contribution < 1.29 is 14.3 Å². The van der Waals surface area contributed by atoms with Crippen LogP contribution in [0.4, 0.5) is 4.39 Å². The molecule has 7 heteroatoms. The number of benzene rings is 2. The predicted octanol–water partition coefficient (Wildman–Crippen LogP) is 4.75. The fraction of sp³-hybridized carbons (Fsp3) is 0.105. The van der Waals surface area contributed by atoms with Crippen molar-refractivity contribution in [2.24, 2.45) is 0 Å². The molecule has 0 radical (unpaired) electrons. The summed E-state index contributed by atoms with van der Waals surface area (Å²) in [5.41, 5.74) is 2.20. The van der Waals surface area contributed by atoms with E-state index in [-0.39, 0.29) is 11.6 Å². The van der Waals surface area contributed by atoms with E-state index in [1.807, 2.05) is 30.3 Å². The van der Waals surface area contributed by atoms with Crippen molar-refractivity contribution in [2.45, 2.75) is 15.9 Å². The monoisotopic (exact) mass is 386 g/mol. The van der Waals surface area contributed by atoms with Crippen molar-refractivity contribution >= 4 is 29.5 Å². The second-order valence-electron chi connectivity index (χ2n) is 5.30. The molecule has 132 valence electrons. The van der Waals surface area contributed by atoms with Crippen molar-refractivity contribution in [1.82, 2.24) is 9.97 Å². The van der Waals surface area contributed by atoms with E-state index in [0.717, 1.165) is 17.3 Å². The summed E-state index contributed by atoms with van der Waals surface area (Å²) in [4.78, 5) is 19.8. The second-order valence-corrected chi connectivity index (χ2v) is 7.24. The largest absolute Gasteiger partial charge is 0.481 e. The van der Waals surface area contributed by atoms with Crippen LogP contribution in [0.1, 0.15) is 5.56 Å². The van der Waals surface area contributed by atoms with E-state index < -0.39 is 5.97 Å². The summed E-state index contributed by atoms with van der Waals surface area (Å²) in [7, 11) is 0. The first-order valence-electron chi connectivity index (χ1n) is 7.77. The van der Waals surface area contributed by atoms with Crippen LogP contribution in [0, 0.1) is 5.82 Å². The molecule has 0 unspecified atom stereocenters. The van der Waals surface area contributed by atoms with Gasteiger partial charge in [-0.25, -0.2) is 14.4 Å². The highest BCUT2D eigenvalue weighted by Crippen LogP contribution is 2.28. The van der Waals surface area contributed by atoms with Crippen molar-refractivity contribution in [3.05, 3.63) is 72.0 Å². The van der Waals surface area contributed by atoms with Gasteiger partial charge in [0.2, 0.25) is 0 Å². The zero-order chi connectivity index (χ0) is 18.4. The maximum Gasteiger partial charge on any atom is 0.313 e. The first kappa shape index (κ1) is 18.4. The van der Waals surface area contributed by atoms with Gasteiger partial charge in [-0.3, -0.25) is 4.79 Å². The zero-order valence-corrected chi connectivity index (χ0v) is 15.3. The molecule has 3 aromatic rings. The molecule has 0 saturated carbocycles. The molecule has 26 heavy (non-hydrogen) atoms. The minimum atomic E-state index is -0.907. The lowest BCUT2D eigenvalue weighted by Gasteiger charge is -2.08. The van der Waals surface area contributed by atoms with E-state index in [0.29, 0.717) is 27.2 Å². The van der Waals surface area contributed by atoms with E-state index in [1.165, 1.54) is 17.8 Å². The fourth-order valence-electron chi connectivity index (χ4n) is 2.19. The van der Waals surface area contributed by atoms with Crippen LogP contribution in [-0.2, 0) is 10.5 Å². The average Bonchev–Trinajstić information content (AvgIpc) is 2.66. The van der Waals surface area contributed by atoms with Crippen molar-refractivity contribution in [3.63, 3.8) is 0 Å². The minimum absolute atomic E-state index is 0.0807. The molecule has 3 rings (SSSR count). The molecule has 0 bridgehead atoms. The number of rotatable bonds is 7. The lowest BCUT2D eigenvalue weighted by molar-refractivity contribution is -0.133. The van der Waals surface area contributed by atoms with Gasteiger partial charge >= 0.3 is 5.97 Å². The highest BCUT2D eigenvalue weighted by Gasteiger charge is 2.10. The number of aliphatic carboxylic acids is 1. The first-order valence-corrected chi connectivity index (χ1v) is 9.74. The normalized spacial score (nSPS) is 10.7.